The van der Waals surface area contributed by atoms with Gasteiger partial charge in [0.2, 0.25) is 10.0 Å². The predicted octanol–water partition coefficient (Wildman–Crippen LogP) is 2.45. The van der Waals surface area contributed by atoms with Gasteiger partial charge in [-0.15, -0.1) is 11.6 Å². The summed E-state index contributed by atoms with van der Waals surface area (Å²) in [6.45, 7) is 2.99. The molecule has 0 saturated carbocycles. The van der Waals surface area contributed by atoms with Gasteiger partial charge in [-0.2, -0.15) is 4.31 Å². The molecule has 0 spiro atoms. The van der Waals surface area contributed by atoms with Crippen molar-refractivity contribution in [3.05, 3.63) is 29.3 Å². The van der Waals surface area contributed by atoms with Crippen LogP contribution in [-0.2, 0) is 15.9 Å². The summed E-state index contributed by atoms with van der Waals surface area (Å²) in [7, 11) is 0.671. The second-order valence-electron chi connectivity index (χ2n) is 5.83. The normalized spacial score (nSPS) is 18.3. The maximum Gasteiger partial charge on any atom is 0.243 e. The van der Waals surface area contributed by atoms with E-state index in [0.717, 1.165) is 24.0 Å². The molecule has 1 aliphatic rings. The van der Waals surface area contributed by atoms with Crippen molar-refractivity contribution >= 4 is 21.6 Å². The Bertz CT molecular complexity index is 594. The zero-order chi connectivity index (χ0) is 15.6. The van der Waals surface area contributed by atoms with Crippen LogP contribution in [0.2, 0.25) is 0 Å². The van der Waals surface area contributed by atoms with Crippen LogP contribution in [0.1, 0.15) is 24.0 Å². The van der Waals surface area contributed by atoms with E-state index in [9.17, 15) is 8.42 Å². The standard InChI is InChI=1S/C15H23ClN2O2S/c1-12-4-5-13(11-16)10-15(12)21(19,20)18-8-6-14(7-9-18)17(2)3/h4-5,10,14H,6-9,11H2,1-3H3. The van der Waals surface area contributed by atoms with Gasteiger partial charge in [0.1, 0.15) is 0 Å². The third-order valence-corrected chi connectivity index (χ3v) is 6.53. The zero-order valence-electron chi connectivity index (χ0n) is 12.8. The van der Waals surface area contributed by atoms with Crippen molar-refractivity contribution in [2.24, 2.45) is 0 Å². The maximum atomic E-state index is 12.8. The molecular formula is C15H23ClN2O2S. The van der Waals surface area contributed by atoms with Crippen LogP contribution in [0, 0.1) is 6.92 Å². The smallest absolute Gasteiger partial charge is 0.243 e. The molecule has 1 fully saturated rings. The molecule has 1 aromatic carbocycles. The Morgan fingerprint density at radius 1 is 1.29 bits per heavy atom. The van der Waals surface area contributed by atoms with Crippen LogP contribution in [0.25, 0.3) is 0 Å². The summed E-state index contributed by atoms with van der Waals surface area (Å²) < 4.78 is 27.2. The van der Waals surface area contributed by atoms with E-state index < -0.39 is 10.0 Å². The number of alkyl halides is 1. The molecule has 0 radical (unpaired) electrons. The maximum absolute atomic E-state index is 12.8. The highest BCUT2D eigenvalue weighted by Crippen LogP contribution is 2.25. The molecule has 1 heterocycles. The van der Waals surface area contributed by atoms with E-state index in [0.29, 0.717) is 29.9 Å². The van der Waals surface area contributed by atoms with E-state index in [1.165, 1.54) is 0 Å². The molecule has 0 unspecified atom stereocenters. The number of halogens is 1. The molecule has 118 valence electrons. The lowest BCUT2D eigenvalue weighted by Crippen LogP contribution is -2.44. The van der Waals surface area contributed by atoms with Crippen LogP contribution in [0.3, 0.4) is 0 Å². The van der Waals surface area contributed by atoms with Crippen molar-refractivity contribution in [2.45, 2.75) is 36.6 Å². The van der Waals surface area contributed by atoms with Crippen LogP contribution < -0.4 is 0 Å². The number of rotatable bonds is 4. The van der Waals surface area contributed by atoms with Crippen molar-refractivity contribution in [1.29, 1.82) is 0 Å². The fourth-order valence-corrected chi connectivity index (χ4v) is 4.65. The minimum Gasteiger partial charge on any atom is -0.306 e. The molecule has 21 heavy (non-hydrogen) atoms. The Morgan fingerprint density at radius 2 is 1.90 bits per heavy atom. The Kier molecular flexibility index (Phi) is 5.30. The Labute approximate surface area is 132 Å². The highest BCUT2D eigenvalue weighted by atomic mass is 35.5. The summed E-state index contributed by atoms with van der Waals surface area (Å²) >= 11 is 5.83. The lowest BCUT2D eigenvalue weighted by molar-refractivity contribution is 0.196. The minimum atomic E-state index is -3.42. The van der Waals surface area contributed by atoms with Crippen molar-refractivity contribution in [1.82, 2.24) is 9.21 Å². The van der Waals surface area contributed by atoms with Crippen LogP contribution in [0.15, 0.2) is 23.1 Å². The van der Waals surface area contributed by atoms with Gasteiger partial charge in [0.25, 0.3) is 0 Å². The molecule has 0 atom stereocenters. The number of benzene rings is 1. The molecular weight excluding hydrogens is 308 g/mol. The Balaban J connectivity index is 2.23. The van der Waals surface area contributed by atoms with Gasteiger partial charge in [0.15, 0.2) is 0 Å². The first-order valence-corrected chi connectivity index (χ1v) is 9.16. The fourth-order valence-electron chi connectivity index (χ4n) is 2.74. The van der Waals surface area contributed by atoms with Gasteiger partial charge in [0.05, 0.1) is 4.90 Å². The average Bonchev–Trinajstić information content (AvgIpc) is 2.47. The first-order chi connectivity index (χ1) is 9.86. The van der Waals surface area contributed by atoms with Gasteiger partial charge in [-0.1, -0.05) is 12.1 Å². The molecule has 0 aliphatic carbocycles. The number of hydrogen-bond acceptors (Lipinski definition) is 3. The monoisotopic (exact) mass is 330 g/mol. The molecule has 6 heteroatoms. The van der Waals surface area contributed by atoms with Crippen molar-refractivity contribution in [3.8, 4) is 0 Å². The summed E-state index contributed by atoms with van der Waals surface area (Å²) in [6.07, 6.45) is 1.75. The van der Waals surface area contributed by atoms with E-state index in [1.54, 1.807) is 10.4 Å². The molecule has 1 aliphatic heterocycles. The Morgan fingerprint density at radius 3 is 2.43 bits per heavy atom. The Hall–Kier alpha value is -0.620. The van der Waals surface area contributed by atoms with Gasteiger partial charge in [-0.25, -0.2) is 8.42 Å². The summed E-state index contributed by atoms with van der Waals surface area (Å²) in [6, 6.07) is 5.87. The summed E-state index contributed by atoms with van der Waals surface area (Å²) in [4.78, 5) is 2.56. The van der Waals surface area contributed by atoms with E-state index in [2.05, 4.69) is 4.90 Å². The number of hydrogen-bond donors (Lipinski definition) is 0. The first-order valence-electron chi connectivity index (χ1n) is 7.18. The molecule has 0 amide bonds. The molecule has 0 aromatic heterocycles. The summed E-state index contributed by atoms with van der Waals surface area (Å²) in [5.41, 5.74) is 1.61. The van der Waals surface area contributed by atoms with Crippen LogP contribution >= 0.6 is 11.6 Å². The third-order valence-electron chi connectivity index (χ3n) is 4.18. The van der Waals surface area contributed by atoms with Crippen LogP contribution in [0.5, 0.6) is 0 Å². The van der Waals surface area contributed by atoms with E-state index in [1.807, 2.05) is 33.2 Å². The molecule has 4 nitrogen and oxygen atoms in total. The van der Waals surface area contributed by atoms with Crippen molar-refractivity contribution in [2.75, 3.05) is 27.2 Å². The number of piperidine rings is 1. The third kappa shape index (κ3) is 3.59. The molecule has 1 aromatic rings. The van der Waals surface area contributed by atoms with Gasteiger partial charge in [-0.3, -0.25) is 0 Å². The minimum absolute atomic E-state index is 0.325. The number of nitrogens with zero attached hydrogens (tertiary/aromatic N) is 2. The molecule has 0 bridgehead atoms. The highest BCUT2D eigenvalue weighted by molar-refractivity contribution is 7.89. The van der Waals surface area contributed by atoms with Gasteiger partial charge >= 0.3 is 0 Å². The zero-order valence-corrected chi connectivity index (χ0v) is 14.4. The predicted molar refractivity (Wildman–Crippen MR) is 86.2 cm³/mol. The van der Waals surface area contributed by atoms with E-state index in [-0.39, 0.29) is 0 Å². The average molecular weight is 331 g/mol. The molecule has 2 rings (SSSR count). The van der Waals surface area contributed by atoms with Gasteiger partial charge in [-0.05, 0) is 51.1 Å². The SMILES string of the molecule is Cc1ccc(CCl)cc1S(=O)(=O)N1CCC(N(C)C)CC1. The lowest BCUT2D eigenvalue weighted by Gasteiger charge is -2.34. The van der Waals surface area contributed by atoms with E-state index in [4.69, 9.17) is 11.6 Å². The van der Waals surface area contributed by atoms with Crippen LogP contribution in [0.4, 0.5) is 0 Å². The topological polar surface area (TPSA) is 40.6 Å². The second-order valence-corrected chi connectivity index (χ2v) is 8.01. The molecule has 0 N–H and O–H groups in total. The molecule has 1 saturated heterocycles. The second kappa shape index (κ2) is 6.65. The first kappa shape index (κ1) is 16.7. The van der Waals surface area contributed by atoms with Crippen molar-refractivity contribution in [3.63, 3.8) is 0 Å². The largest absolute Gasteiger partial charge is 0.306 e. The van der Waals surface area contributed by atoms with Gasteiger partial charge in [0, 0.05) is 25.0 Å². The fraction of sp³-hybridized carbons (Fsp3) is 0.600. The van der Waals surface area contributed by atoms with Crippen LogP contribution in [-0.4, -0.2) is 50.8 Å². The quantitative estimate of drug-likeness (QED) is 0.796. The van der Waals surface area contributed by atoms with Gasteiger partial charge < -0.3 is 4.90 Å². The number of sulfonamides is 1. The highest BCUT2D eigenvalue weighted by Gasteiger charge is 2.31. The summed E-state index contributed by atoms with van der Waals surface area (Å²) in [5.74, 6) is 0.325. The van der Waals surface area contributed by atoms with E-state index >= 15 is 0 Å². The lowest BCUT2D eigenvalue weighted by atomic mass is 10.1. The number of aryl methyl sites for hydroxylation is 1. The summed E-state index contributed by atoms with van der Waals surface area (Å²) in [5, 5.41) is 0. The van der Waals surface area contributed by atoms with Crippen molar-refractivity contribution < 1.29 is 8.42 Å².